The summed E-state index contributed by atoms with van der Waals surface area (Å²) in [5.41, 5.74) is 1.01. The monoisotopic (exact) mass is 283 g/mol. The maximum Gasteiger partial charge on any atom is 0.323 e. The Labute approximate surface area is 118 Å². The molecule has 0 saturated carbocycles. The van der Waals surface area contributed by atoms with Crippen LogP contribution in [0.25, 0.3) is 0 Å². The molecule has 0 aliphatic heterocycles. The minimum absolute atomic E-state index is 0.117. The highest BCUT2D eigenvalue weighted by Gasteiger charge is 2.19. The van der Waals surface area contributed by atoms with Crippen molar-refractivity contribution in [3.05, 3.63) is 34.9 Å². The van der Waals surface area contributed by atoms with E-state index >= 15 is 0 Å². The second-order valence-corrected chi connectivity index (χ2v) is 5.07. The van der Waals surface area contributed by atoms with Gasteiger partial charge in [-0.1, -0.05) is 23.7 Å². The molecule has 0 aromatic heterocycles. The summed E-state index contributed by atoms with van der Waals surface area (Å²) in [5.74, 6) is -1.14. The molecule has 4 nitrogen and oxygen atoms in total. The molecule has 5 heteroatoms. The lowest BCUT2D eigenvalue weighted by Crippen LogP contribution is -2.40. The highest BCUT2D eigenvalue weighted by molar-refractivity contribution is 6.30. The fourth-order valence-corrected chi connectivity index (χ4v) is 1.88. The zero-order valence-corrected chi connectivity index (χ0v) is 11.9. The number of rotatable bonds is 6. The van der Waals surface area contributed by atoms with E-state index in [4.69, 9.17) is 16.7 Å². The molecule has 1 aromatic carbocycles. The number of benzene rings is 1. The number of hydrogen-bond acceptors (Lipinski definition) is 2. The Kier molecular flexibility index (Phi) is 5.83. The van der Waals surface area contributed by atoms with Gasteiger partial charge in [0.2, 0.25) is 5.91 Å². The number of hydrogen-bond donors (Lipinski definition) is 1. The van der Waals surface area contributed by atoms with Gasteiger partial charge < -0.3 is 10.0 Å². The number of carboxylic acids is 1. The molecule has 104 valence electrons. The van der Waals surface area contributed by atoms with Crippen LogP contribution in [0.2, 0.25) is 5.02 Å². The van der Waals surface area contributed by atoms with Crippen LogP contribution in [0.3, 0.4) is 0 Å². The van der Waals surface area contributed by atoms with Gasteiger partial charge in [0.05, 0.1) is 0 Å². The molecule has 0 radical (unpaired) electrons. The lowest BCUT2D eigenvalue weighted by Gasteiger charge is -2.24. The zero-order valence-electron chi connectivity index (χ0n) is 11.1. The highest BCUT2D eigenvalue weighted by Crippen LogP contribution is 2.12. The number of nitrogens with zero attached hydrogens (tertiary/aromatic N) is 1. The van der Waals surface area contributed by atoms with E-state index in [0.717, 1.165) is 5.56 Å². The standard InChI is InChI=1S/C14H18ClNO3/c1-10(2)16(9-14(18)19)13(17)8-5-11-3-6-12(15)7-4-11/h3-4,6-7,10H,5,8-9H2,1-2H3,(H,18,19). The van der Waals surface area contributed by atoms with Gasteiger partial charge in [0.1, 0.15) is 6.54 Å². The van der Waals surface area contributed by atoms with Gasteiger partial charge in [-0.05, 0) is 38.0 Å². The van der Waals surface area contributed by atoms with E-state index in [0.29, 0.717) is 17.9 Å². The van der Waals surface area contributed by atoms with Gasteiger partial charge >= 0.3 is 5.97 Å². The van der Waals surface area contributed by atoms with Crippen LogP contribution < -0.4 is 0 Å². The van der Waals surface area contributed by atoms with Crippen LogP contribution in [0, 0.1) is 0 Å². The molecule has 0 unspecified atom stereocenters. The Morgan fingerprint density at radius 3 is 2.32 bits per heavy atom. The third-order valence-electron chi connectivity index (χ3n) is 2.79. The Hall–Kier alpha value is -1.55. The van der Waals surface area contributed by atoms with Crippen molar-refractivity contribution in [3.8, 4) is 0 Å². The Morgan fingerprint density at radius 1 is 1.26 bits per heavy atom. The number of amides is 1. The molecular formula is C14H18ClNO3. The van der Waals surface area contributed by atoms with Crippen molar-refractivity contribution >= 4 is 23.5 Å². The summed E-state index contributed by atoms with van der Waals surface area (Å²) in [6.07, 6.45) is 0.881. The van der Waals surface area contributed by atoms with Crippen LogP contribution in [0.5, 0.6) is 0 Å². The quantitative estimate of drug-likeness (QED) is 0.873. The van der Waals surface area contributed by atoms with E-state index in [1.807, 2.05) is 26.0 Å². The summed E-state index contributed by atoms with van der Waals surface area (Å²) in [4.78, 5) is 24.1. The van der Waals surface area contributed by atoms with E-state index in [9.17, 15) is 9.59 Å². The molecule has 1 aromatic rings. The fourth-order valence-electron chi connectivity index (χ4n) is 1.75. The number of carbonyl (C=O) groups excluding carboxylic acids is 1. The fraction of sp³-hybridized carbons (Fsp3) is 0.429. The van der Waals surface area contributed by atoms with Gasteiger partial charge in [0, 0.05) is 17.5 Å². The Balaban J connectivity index is 2.57. The van der Waals surface area contributed by atoms with Crippen molar-refractivity contribution in [2.75, 3.05) is 6.54 Å². The molecule has 1 rings (SSSR count). The molecule has 0 atom stereocenters. The third-order valence-corrected chi connectivity index (χ3v) is 3.04. The van der Waals surface area contributed by atoms with Crippen LogP contribution in [0.1, 0.15) is 25.8 Å². The first-order chi connectivity index (χ1) is 8.90. The van der Waals surface area contributed by atoms with Crippen molar-refractivity contribution in [2.24, 2.45) is 0 Å². The van der Waals surface area contributed by atoms with Gasteiger partial charge in [-0.3, -0.25) is 9.59 Å². The van der Waals surface area contributed by atoms with E-state index in [2.05, 4.69) is 0 Å². The van der Waals surface area contributed by atoms with E-state index in [1.54, 1.807) is 12.1 Å². The first-order valence-electron chi connectivity index (χ1n) is 6.16. The molecule has 0 aliphatic rings. The molecule has 0 saturated heterocycles. The van der Waals surface area contributed by atoms with Crippen LogP contribution in [0.15, 0.2) is 24.3 Å². The molecule has 1 amide bonds. The van der Waals surface area contributed by atoms with Gasteiger partial charge in [-0.15, -0.1) is 0 Å². The van der Waals surface area contributed by atoms with Gasteiger partial charge in [0.15, 0.2) is 0 Å². The molecule has 0 aliphatic carbocycles. The average molecular weight is 284 g/mol. The topological polar surface area (TPSA) is 57.6 Å². The van der Waals surface area contributed by atoms with Crippen LogP contribution in [0.4, 0.5) is 0 Å². The number of carboxylic acid groups (broad SMARTS) is 1. The number of halogens is 1. The third kappa shape index (κ3) is 5.30. The van der Waals surface area contributed by atoms with Gasteiger partial charge in [0.25, 0.3) is 0 Å². The smallest absolute Gasteiger partial charge is 0.323 e. The van der Waals surface area contributed by atoms with Crippen molar-refractivity contribution in [2.45, 2.75) is 32.7 Å². The molecule has 0 heterocycles. The van der Waals surface area contributed by atoms with E-state index in [-0.39, 0.29) is 18.5 Å². The normalized spacial score (nSPS) is 10.5. The highest BCUT2D eigenvalue weighted by atomic mass is 35.5. The summed E-state index contributed by atoms with van der Waals surface area (Å²) in [7, 11) is 0. The summed E-state index contributed by atoms with van der Waals surface area (Å²) >= 11 is 5.78. The average Bonchev–Trinajstić information content (AvgIpc) is 2.34. The zero-order chi connectivity index (χ0) is 14.4. The molecule has 1 N–H and O–H groups in total. The predicted molar refractivity (Wildman–Crippen MR) is 74.3 cm³/mol. The Bertz CT molecular complexity index is 443. The van der Waals surface area contributed by atoms with Crippen molar-refractivity contribution in [3.63, 3.8) is 0 Å². The maximum absolute atomic E-state index is 12.0. The molecule has 0 bridgehead atoms. The first-order valence-corrected chi connectivity index (χ1v) is 6.53. The summed E-state index contributed by atoms with van der Waals surface area (Å²) in [6, 6.07) is 7.17. The summed E-state index contributed by atoms with van der Waals surface area (Å²) in [6.45, 7) is 3.36. The van der Waals surface area contributed by atoms with Crippen molar-refractivity contribution < 1.29 is 14.7 Å². The number of aryl methyl sites for hydroxylation is 1. The van der Waals surface area contributed by atoms with E-state index < -0.39 is 5.97 Å². The number of aliphatic carboxylic acids is 1. The molecular weight excluding hydrogens is 266 g/mol. The maximum atomic E-state index is 12.0. The van der Waals surface area contributed by atoms with Crippen molar-refractivity contribution in [1.82, 2.24) is 4.90 Å². The van der Waals surface area contributed by atoms with Crippen LogP contribution in [-0.2, 0) is 16.0 Å². The lowest BCUT2D eigenvalue weighted by molar-refractivity contribution is -0.145. The summed E-state index contributed by atoms with van der Waals surface area (Å²) < 4.78 is 0. The minimum Gasteiger partial charge on any atom is -0.480 e. The SMILES string of the molecule is CC(C)N(CC(=O)O)C(=O)CCc1ccc(Cl)cc1. The predicted octanol–water partition coefficient (Wildman–Crippen LogP) is 2.59. The lowest BCUT2D eigenvalue weighted by atomic mass is 10.1. The minimum atomic E-state index is -0.992. The summed E-state index contributed by atoms with van der Waals surface area (Å²) in [5, 5.41) is 9.45. The molecule has 0 spiro atoms. The largest absolute Gasteiger partial charge is 0.480 e. The van der Waals surface area contributed by atoms with Crippen LogP contribution in [-0.4, -0.2) is 34.5 Å². The van der Waals surface area contributed by atoms with Gasteiger partial charge in [-0.2, -0.15) is 0 Å². The van der Waals surface area contributed by atoms with Gasteiger partial charge in [-0.25, -0.2) is 0 Å². The van der Waals surface area contributed by atoms with Crippen LogP contribution >= 0.6 is 11.6 Å². The second kappa shape index (κ2) is 7.14. The van der Waals surface area contributed by atoms with Crippen molar-refractivity contribution in [1.29, 1.82) is 0 Å². The molecule has 19 heavy (non-hydrogen) atoms. The number of carbonyl (C=O) groups is 2. The van der Waals surface area contributed by atoms with E-state index in [1.165, 1.54) is 4.90 Å². The molecule has 0 fully saturated rings. The first kappa shape index (κ1) is 15.5. The Morgan fingerprint density at radius 2 is 1.84 bits per heavy atom. The second-order valence-electron chi connectivity index (χ2n) is 4.64.